The molecule has 210 valence electrons. The van der Waals surface area contributed by atoms with Crippen molar-refractivity contribution in [3.05, 3.63) is 71.3 Å². The molecule has 3 fully saturated rings. The molecule has 1 spiro atoms. The molecule has 2 bridgehead atoms. The van der Waals surface area contributed by atoms with Gasteiger partial charge in [0, 0.05) is 22.3 Å². The lowest BCUT2D eigenvalue weighted by Gasteiger charge is -2.34. The molecule has 2 saturated heterocycles. The minimum absolute atomic E-state index is 0.0657. The minimum atomic E-state index is -1.22. The number of carbonyl (C=O) groups excluding carboxylic acids is 3. The summed E-state index contributed by atoms with van der Waals surface area (Å²) in [5.74, 6) is -1.75. The number of carbonyl (C=O) groups is 3. The first-order valence-electron chi connectivity index (χ1n) is 14.2. The van der Waals surface area contributed by atoms with E-state index in [4.69, 9.17) is 21.1 Å². The van der Waals surface area contributed by atoms with Crippen LogP contribution in [0.25, 0.3) is 0 Å². The second kappa shape index (κ2) is 10.9. The number of likely N-dealkylation sites (tertiary alicyclic amines) is 1. The fourth-order valence-corrected chi connectivity index (χ4v) is 6.96. The number of amides is 3. The summed E-state index contributed by atoms with van der Waals surface area (Å²) in [6.07, 6.45) is 8.21. The molecule has 5 atom stereocenters. The van der Waals surface area contributed by atoms with Crippen molar-refractivity contribution in [3.63, 3.8) is 0 Å². The Balaban J connectivity index is 1.33. The average molecular weight is 564 g/mol. The number of nitrogens with zero attached hydrogens (tertiary/aromatic N) is 1. The second-order valence-electron chi connectivity index (χ2n) is 11.0. The van der Waals surface area contributed by atoms with Gasteiger partial charge >= 0.3 is 0 Å². The van der Waals surface area contributed by atoms with Gasteiger partial charge in [-0.05, 0) is 50.1 Å². The molecule has 0 radical (unpaired) electrons. The van der Waals surface area contributed by atoms with Gasteiger partial charge < -0.3 is 25.0 Å². The molecule has 0 aromatic heterocycles. The highest BCUT2D eigenvalue weighted by atomic mass is 35.5. The van der Waals surface area contributed by atoms with Gasteiger partial charge in [-0.3, -0.25) is 14.4 Å². The maximum absolute atomic E-state index is 14.3. The Morgan fingerprint density at radius 3 is 2.58 bits per heavy atom. The zero-order valence-corrected chi connectivity index (χ0v) is 23.2. The molecule has 1 aliphatic carbocycles. The number of fused-ring (bicyclic) bond motifs is 1. The van der Waals surface area contributed by atoms with Crippen molar-refractivity contribution >= 4 is 35.0 Å². The molecular formula is C31H34ClN3O5. The first-order valence-corrected chi connectivity index (χ1v) is 14.5. The predicted octanol–water partition coefficient (Wildman–Crippen LogP) is 4.48. The van der Waals surface area contributed by atoms with E-state index < -0.39 is 29.6 Å². The van der Waals surface area contributed by atoms with Gasteiger partial charge in [-0.15, -0.1) is 0 Å². The Hall–Kier alpha value is -3.36. The molecule has 2 N–H and O–H groups in total. The Kier molecular flexibility index (Phi) is 7.31. The Bertz CT molecular complexity index is 1320. The van der Waals surface area contributed by atoms with Crippen LogP contribution in [-0.2, 0) is 25.7 Å². The molecular weight excluding hydrogens is 530 g/mol. The highest BCUT2D eigenvalue weighted by molar-refractivity contribution is 6.30. The van der Waals surface area contributed by atoms with Gasteiger partial charge in [0.25, 0.3) is 0 Å². The SMILES string of the molecule is CCOc1ccccc1CN1C(=O)[C@@H]2[C@H](C(=O)Nc3ccc(Cl)cc3)[C@@H]3C=C[C@@]2(O3)[C@H]1C(=O)NC1CCCCC1. The lowest BCUT2D eigenvalue weighted by Crippen LogP contribution is -2.56. The van der Waals surface area contributed by atoms with Crippen LogP contribution in [0.1, 0.15) is 44.6 Å². The van der Waals surface area contributed by atoms with Crippen molar-refractivity contribution in [2.24, 2.45) is 11.8 Å². The third-order valence-electron chi connectivity index (χ3n) is 8.60. The minimum Gasteiger partial charge on any atom is -0.494 e. The molecule has 8 nitrogen and oxygen atoms in total. The van der Waals surface area contributed by atoms with E-state index in [0.717, 1.165) is 31.2 Å². The van der Waals surface area contributed by atoms with Gasteiger partial charge in [0.15, 0.2) is 0 Å². The van der Waals surface area contributed by atoms with Gasteiger partial charge in [-0.2, -0.15) is 0 Å². The third kappa shape index (κ3) is 4.67. The van der Waals surface area contributed by atoms with Gasteiger partial charge in [0.1, 0.15) is 17.4 Å². The van der Waals surface area contributed by atoms with E-state index in [1.54, 1.807) is 29.2 Å². The summed E-state index contributed by atoms with van der Waals surface area (Å²) in [5, 5.41) is 6.71. The molecule has 9 heteroatoms. The summed E-state index contributed by atoms with van der Waals surface area (Å²) >= 11 is 6.01. The van der Waals surface area contributed by atoms with E-state index in [0.29, 0.717) is 23.1 Å². The molecule has 2 aromatic rings. The Morgan fingerprint density at radius 1 is 1.07 bits per heavy atom. The van der Waals surface area contributed by atoms with Crippen LogP contribution in [0.2, 0.25) is 5.02 Å². The molecule has 3 heterocycles. The maximum atomic E-state index is 14.3. The molecule has 3 amide bonds. The van der Waals surface area contributed by atoms with Crippen molar-refractivity contribution in [2.75, 3.05) is 11.9 Å². The molecule has 0 unspecified atom stereocenters. The lowest BCUT2D eigenvalue weighted by molar-refractivity contribution is -0.142. The topological polar surface area (TPSA) is 97.0 Å². The van der Waals surface area contributed by atoms with Crippen LogP contribution < -0.4 is 15.4 Å². The number of benzene rings is 2. The largest absolute Gasteiger partial charge is 0.494 e. The molecule has 4 aliphatic rings. The number of anilines is 1. The summed E-state index contributed by atoms with van der Waals surface area (Å²) in [7, 11) is 0. The van der Waals surface area contributed by atoms with Crippen molar-refractivity contribution in [1.82, 2.24) is 10.2 Å². The van der Waals surface area contributed by atoms with Crippen LogP contribution in [0.3, 0.4) is 0 Å². The first kappa shape index (κ1) is 26.8. The van der Waals surface area contributed by atoms with Gasteiger partial charge in [-0.25, -0.2) is 0 Å². The van der Waals surface area contributed by atoms with Gasteiger partial charge in [0.2, 0.25) is 17.7 Å². The standard InChI is InChI=1S/C31H34ClN3O5/c1-2-39-23-11-7-6-8-19(23)18-35-27(29(37)34-21-9-4-3-5-10-21)31-17-16-24(40-31)25(26(31)30(35)38)28(36)33-22-14-12-20(32)13-15-22/h6-8,11-17,21,24-27H,2-5,9-10,18H2,1H3,(H,33,36)(H,34,37)/t24-,25+,26-,27+,31-/m0/s1. The third-order valence-corrected chi connectivity index (χ3v) is 8.85. The summed E-state index contributed by atoms with van der Waals surface area (Å²) in [6, 6.07) is 13.5. The second-order valence-corrected chi connectivity index (χ2v) is 11.5. The van der Waals surface area contributed by atoms with Crippen LogP contribution in [0.4, 0.5) is 5.69 Å². The zero-order chi connectivity index (χ0) is 27.9. The van der Waals surface area contributed by atoms with Crippen LogP contribution in [0.5, 0.6) is 5.75 Å². The van der Waals surface area contributed by atoms with Crippen LogP contribution in [-0.4, -0.2) is 53.0 Å². The van der Waals surface area contributed by atoms with E-state index in [-0.39, 0.29) is 30.3 Å². The summed E-state index contributed by atoms with van der Waals surface area (Å²) in [5.41, 5.74) is 0.156. The van der Waals surface area contributed by atoms with E-state index in [9.17, 15) is 14.4 Å². The van der Waals surface area contributed by atoms with E-state index in [1.807, 2.05) is 43.3 Å². The Labute approximate surface area is 239 Å². The van der Waals surface area contributed by atoms with Gasteiger partial charge in [-0.1, -0.05) is 61.2 Å². The number of ether oxygens (including phenoxy) is 2. The fraction of sp³-hybridized carbons (Fsp3) is 0.452. The average Bonchev–Trinajstić information content (AvgIpc) is 3.59. The fourth-order valence-electron chi connectivity index (χ4n) is 6.84. The normalized spacial score (nSPS) is 28.9. The van der Waals surface area contributed by atoms with Crippen molar-refractivity contribution in [3.8, 4) is 5.75 Å². The number of para-hydroxylation sites is 1. The number of rotatable bonds is 8. The van der Waals surface area contributed by atoms with Crippen molar-refractivity contribution in [1.29, 1.82) is 0 Å². The molecule has 40 heavy (non-hydrogen) atoms. The summed E-state index contributed by atoms with van der Waals surface area (Å²) in [6.45, 7) is 2.55. The summed E-state index contributed by atoms with van der Waals surface area (Å²) in [4.78, 5) is 43.5. The van der Waals surface area contributed by atoms with E-state index in [1.165, 1.54) is 6.42 Å². The monoisotopic (exact) mass is 563 g/mol. The molecule has 2 aromatic carbocycles. The number of halogens is 1. The Morgan fingerprint density at radius 2 is 1.82 bits per heavy atom. The lowest BCUT2D eigenvalue weighted by atomic mass is 9.74. The number of hydrogen-bond acceptors (Lipinski definition) is 5. The highest BCUT2D eigenvalue weighted by Gasteiger charge is 2.72. The van der Waals surface area contributed by atoms with E-state index >= 15 is 0 Å². The van der Waals surface area contributed by atoms with Crippen LogP contribution in [0, 0.1) is 11.8 Å². The molecule has 3 aliphatic heterocycles. The first-order chi connectivity index (χ1) is 19.4. The predicted molar refractivity (Wildman–Crippen MR) is 151 cm³/mol. The van der Waals surface area contributed by atoms with Crippen LogP contribution >= 0.6 is 11.6 Å². The highest BCUT2D eigenvalue weighted by Crippen LogP contribution is 2.55. The van der Waals surface area contributed by atoms with Crippen LogP contribution in [0.15, 0.2) is 60.7 Å². The smallest absolute Gasteiger partial charge is 0.246 e. The van der Waals surface area contributed by atoms with Gasteiger partial charge in [0.05, 0.1) is 31.1 Å². The maximum Gasteiger partial charge on any atom is 0.246 e. The zero-order valence-electron chi connectivity index (χ0n) is 22.5. The molecule has 6 rings (SSSR count). The summed E-state index contributed by atoms with van der Waals surface area (Å²) < 4.78 is 12.3. The van der Waals surface area contributed by atoms with Crippen molar-refractivity contribution in [2.45, 2.75) is 69.4 Å². The van der Waals surface area contributed by atoms with E-state index in [2.05, 4.69) is 10.6 Å². The number of nitrogens with one attached hydrogen (secondary N) is 2. The molecule has 1 saturated carbocycles. The quantitative estimate of drug-likeness (QED) is 0.462. The van der Waals surface area contributed by atoms with Crippen molar-refractivity contribution < 1.29 is 23.9 Å². The number of hydrogen-bond donors (Lipinski definition) is 2.